The van der Waals surface area contributed by atoms with E-state index in [2.05, 4.69) is 34.7 Å². The van der Waals surface area contributed by atoms with Crippen LogP contribution in [0.25, 0.3) is 17.3 Å². The van der Waals surface area contributed by atoms with Crippen molar-refractivity contribution in [2.45, 2.75) is 66.6 Å². The number of rotatable bonds is 27. The number of ether oxygens (including phenoxy) is 12. The Labute approximate surface area is 724 Å². The van der Waals surface area contributed by atoms with Crippen molar-refractivity contribution in [3.63, 3.8) is 0 Å². The molecular formula is C89H88N6O26S3. The van der Waals surface area contributed by atoms with E-state index in [1.807, 2.05) is 0 Å². The summed E-state index contributed by atoms with van der Waals surface area (Å²) in [5.41, 5.74) is 4.60. The van der Waals surface area contributed by atoms with Crippen molar-refractivity contribution in [1.29, 1.82) is 0 Å². The van der Waals surface area contributed by atoms with Gasteiger partial charge in [-0.05, 0) is 149 Å². The second-order valence-corrected chi connectivity index (χ2v) is 29.7. The van der Waals surface area contributed by atoms with Crippen LogP contribution < -0.4 is 57.3 Å². The van der Waals surface area contributed by atoms with E-state index in [4.69, 9.17) is 66.7 Å². The summed E-state index contributed by atoms with van der Waals surface area (Å²) in [5.74, 6) is -5.27. The molecule has 3 aliphatic rings. The molecule has 35 heteroatoms. The van der Waals surface area contributed by atoms with Crippen molar-refractivity contribution in [3.8, 4) is 51.7 Å². The predicted molar refractivity (Wildman–Crippen MR) is 461 cm³/mol. The van der Waals surface area contributed by atoms with Crippen LogP contribution in [0.2, 0.25) is 0 Å². The predicted octanol–water partition coefficient (Wildman–Crippen LogP) is 14.4. The van der Waals surface area contributed by atoms with Gasteiger partial charge in [0.05, 0.1) is 97.8 Å². The van der Waals surface area contributed by atoms with Crippen molar-refractivity contribution in [2.24, 2.45) is 0 Å². The number of esters is 3. The van der Waals surface area contributed by atoms with Gasteiger partial charge >= 0.3 is 35.6 Å². The van der Waals surface area contributed by atoms with Gasteiger partial charge < -0.3 is 77.3 Å². The third kappa shape index (κ3) is 19.6. The van der Waals surface area contributed by atoms with E-state index in [1.165, 1.54) is 96.9 Å². The monoisotopic (exact) mass is 1750 g/mol. The molecule has 0 saturated carbocycles. The first kappa shape index (κ1) is 93.4. The third-order valence-electron chi connectivity index (χ3n) is 19.1. The number of aryl methyl sites for hydroxylation is 6. The van der Waals surface area contributed by atoms with Crippen LogP contribution in [-0.2, 0) is 47.8 Å². The minimum Gasteiger partial charge on any atom is -0.507 e. The van der Waals surface area contributed by atoms with Gasteiger partial charge in [-0.2, -0.15) is 0 Å². The summed E-state index contributed by atoms with van der Waals surface area (Å²) in [4.78, 5) is 146. The Bertz CT molecular complexity index is 5280. The van der Waals surface area contributed by atoms with Gasteiger partial charge in [-0.15, -0.1) is 0 Å². The number of carboxylic acids is 1. The highest BCUT2D eigenvalue weighted by Gasteiger charge is 2.53. The molecule has 3 atom stereocenters. The van der Waals surface area contributed by atoms with Gasteiger partial charge in [0.1, 0.15) is 122 Å². The topological polar surface area (TPSA) is 411 Å². The standard InChI is InChI=1S/3C29H28N2O8S.C2H4O2/c3*1-7-12-39-28(35)26-16(3)30-29(40-26)31-23(20-11-9-18(37-5)14-21(20)38-6)22(25(33)27(31)34)24(32)19-10-8-17(36-4)13-15(19)2;1-2(3)4/h3*7-11,13-14,23,32H,1,12H2,2-6H3;1H3,(H,3,4)/b3*24-22+;. The Hall–Kier alpha value is -14.5. The minimum atomic E-state index is -1.13. The molecule has 648 valence electrons. The number of carbonyl (C=O) groups excluding carboxylic acids is 9. The molecule has 4 N–H and O–H groups in total. The molecule has 3 amide bonds. The molecule has 0 spiro atoms. The molecule has 3 saturated heterocycles. The molecule has 32 nitrogen and oxygen atoms in total. The number of hydrogen-bond acceptors (Lipinski definition) is 31. The smallest absolute Gasteiger partial charge is 0.350 e. The molecule has 3 unspecified atom stereocenters. The molecule has 3 aliphatic heterocycles. The highest BCUT2D eigenvalue weighted by atomic mass is 32.1. The SMILES string of the molecule is C=CCOC(=O)c1sc(N2C(=O)C(=O)/C(=C(/O)c3ccc(OC)cc3C)C2c2ccc(OC)cc2OC)nc1C.C=CCOC(=O)c1sc(N2C(=O)C(=O)/C(=C(/O)c3ccc(OC)cc3C)C2c2ccc(OC)cc2OC)nc1C.C=CCOC(=O)c1sc(N2C(=O)C(=O)/C(=C(/O)c3ccc(OC)cc3C)C2c2ccc(OC)cc2OC)nc1C.CC(=O)O. The van der Waals surface area contributed by atoms with E-state index >= 15 is 0 Å². The lowest BCUT2D eigenvalue weighted by Gasteiger charge is -2.25. The van der Waals surface area contributed by atoms with Crippen LogP contribution >= 0.6 is 34.0 Å². The molecule has 124 heavy (non-hydrogen) atoms. The highest BCUT2D eigenvalue weighted by Crippen LogP contribution is 2.52. The maximum Gasteiger partial charge on any atom is 0.350 e. The minimum absolute atomic E-state index is 0.000278. The second kappa shape index (κ2) is 41.2. The summed E-state index contributed by atoms with van der Waals surface area (Å²) < 4.78 is 64.0. The molecular weight excluding hydrogens is 1670 g/mol. The van der Waals surface area contributed by atoms with Gasteiger partial charge in [0, 0.05) is 58.5 Å². The Morgan fingerprint density at radius 2 is 0.581 bits per heavy atom. The lowest BCUT2D eigenvalue weighted by Crippen LogP contribution is -2.29. The lowest BCUT2D eigenvalue weighted by molar-refractivity contribution is -0.134. The number of ketones is 3. The number of benzene rings is 6. The second-order valence-electron chi connectivity index (χ2n) is 26.8. The molecule has 0 aliphatic carbocycles. The summed E-state index contributed by atoms with van der Waals surface area (Å²) in [7, 11) is 13.4. The zero-order valence-electron chi connectivity index (χ0n) is 70.3. The summed E-state index contributed by atoms with van der Waals surface area (Å²) in [6.45, 7) is 21.8. The van der Waals surface area contributed by atoms with Crippen molar-refractivity contribution in [1.82, 2.24) is 15.0 Å². The number of carbonyl (C=O) groups is 10. The Kier molecular flexibility index (Phi) is 31.0. The summed E-state index contributed by atoms with van der Waals surface area (Å²) in [6, 6.07) is 26.2. The van der Waals surface area contributed by atoms with Crippen LogP contribution in [0.4, 0.5) is 15.4 Å². The first-order valence-electron chi connectivity index (χ1n) is 37.2. The van der Waals surface area contributed by atoms with Crippen molar-refractivity contribution < 1.29 is 125 Å². The maximum atomic E-state index is 13.6. The van der Waals surface area contributed by atoms with Gasteiger partial charge in [0.2, 0.25) is 0 Å². The first-order chi connectivity index (χ1) is 59.2. The van der Waals surface area contributed by atoms with E-state index in [0.29, 0.717) is 119 Å². The van der Waals surface area contributed by atoms with E-state index in [0.717, 1.165) is 40.9 Å². The molecule has 12 rings (SSSR count). The number of aliphatic hydroxyl groups is 3. The van der Waals surface area contributed by atoms with Gasteiger partial charge in [-0.1, -0.05) is 72.0 Å². The average Bonchev–Trinajstić information content (AvgIpc) is 1.58. The number of hydrogen-bond donors (Lipinski definition) is 4. The van der Waals surface area contributed by atoms with Crippen LogP contribution in [0, 0.1) is 41.5 Å². The fourth-order valence-electron chi connectivity index (χ4n) is 13.3. The molecule has 0 radical (unpaired) electrons. The zero-order valence-corrected chi connectivity index (χ0v) is 72.7. The fraction of sp³-hybridized carbons (Fsp3) is 0.247. The molecule has 9 aromatic rings. The summed E-state index contributed by atoms with van der Waals surface area (Å²) in [6.07, 6.45) is 4.31. The van der Waals surface area contributed by atoms with Crippen LogP contribution in [0.3, 0.4) is 0 Å². The van der Waals surface area contributed by atoms with E-state index in [1.54, 1.807) is 151 Å². The lowest BCUT2D eigenvalue weighted by atomic mass is 9.93. The van der Waals surface area contributed by atoms with E-state index < -0.39 is 77.1 Å². The molecule has 6 aromatic carbocycles. The van der Waals surface area contributed by atoms with Gasteiger partial charge in [-0.25, -0.2) is 29.3 Å². The number of amides is 3. The molecule has 3 fully saturated rings. The van der Waals surface area contributed by atoms with Crippen molar-refractivity contribution >= 4 is 126 Å². The third-order valence-corrected chi connectivity index (χ3v) is 22.5. The van der Waals surface area contributed by atoms with Gasteiger partial charge in [0.25, 0.3) is 23.3 Å². The molecule has 6 heterocycles. The van der Waals surface area contributed by atoms with Gasteiger partial charge in [0.15, 0.2) is 15.4 Å². The number of aliphatic carboxylic acids is 1. The Balaban J connectivity index is 0.000000206. The highest BCUT2D eigenvalue weighted by molar-refractivity contribution is 7.18. The van der Waals surface area contributed by atoms with Crippen LogP contribution in [0.1, 0.15) is 121 Å². The first-order valence-corrected chi connectivity index (χ1v) is 39.7. The van der Waals surface area contributed by atoms with Crippen molar-refractivity contribution in [3.05, 3.63) is 246 Å². The number of anilines is 3. The summed E-state index contributed by atoms with van der Waals surface area (Å²) in [5, 5.41) is 42.3. The number of aromatic nitrogens is 3. The zero-order chi connectivity index (χ0) is 91.0. The number of aliphatic hydroxyl groups excluding tert-OH is 3. The normalized spacial score (nSPS) is 15.8. The number of Topliss-reactive ketones (excluding diaryl/α,β-unsaturated/α-hetero) is 3. The quantitative estimate of drug-likeness (QED) is 0.00927. The van der Waals surface area contributed by atoms with Crippen molar-refractivity contribution in [2.75, 3.05) is 98.5 Å². The Morgan fingerprint density at radius 3 is 0.782 bits per heavy atom. The Morgan fingerprint density at radius 1 is 0.363 bits per heavy atom. The largest absolute Gasteiger partial charge is 0.507 e. The van der Waals surface area contributed by atoms with Crippen LogP contribution in [0.5, 0.6) is 51.7 Å². The van der Waals surface area contributed by atoms with E-state index in [9.17, 15) is 58.5 Å². The van der Waals surface area contributed by atoms with Gasteiger partial charge in [-0.3, -0.25) is 48.3 Å². The number of carboxylic acid groups (broad SMARTS) is 1. The number of methoxy groups -OCH3 is 9. The van der Waals surface area contributed by atoms with Crippen LogP contribution in [0.15, 0.2) is 164 Å². The fourth-order valence-corrected chi connectivity index (χ4v) is 16.2. The maximum absolute atomic E-state index is 13.6. The summed E-state index contributed by atoms with van der Waals surface area (Å²) >= 11 is 2.71. The number of nitrogens with zero attached hydrogens (tertiary/aromatic N) is 6. The number of thiazole rings is 3. The average molecular weight is 1750 g/mol. The van der Waals surface area contributed by atoms with Crippen LogP contribution in [-0.4, -0.2) is 178 Å². The van der Waals surface area contributed by atoms with E-state index in [-0.39, 0.29) is 83.8 Å². The molecule has 0 bridgehead atoms. The molecule has 3 aromatic heterocycles.